The van der Waals surface area contributed by atoms with E-state index in [0.29, 0.717) is 18.7 Å². The van der Waals surface area contributed by atoms with Crippen LogP contribution in [0, 0.1) is 0 Å². The Labute approximate surface area is 112 Å². The smallest absolute Gasteiger partial charge is 0.407 e. The van der Waals surface area contributed by atoms with Crippen molar-refractivity contribution in [3.63, 3.8) is 0 Å². The third-order valence-electron chi connectivity index (χ3n) is 2.75. The highest BCUT2D eigenvalue weighted by Gasteiger charge is 2.23. The lowest BCUT2D eigenvalue weighted by Crippen LogP contribution is -2.27. The van der Waals surface area contributed by atoms with Crippen LogP contribution in [-0.2, 0) is 13.6 Å². The second-order valence-electron chi connectivity index (χ2n) is 3.98. The molecule has 1 N–H and O–H groups in total. The van der Waals surface area contributed by atoms with Gasteiger partial charge in [0.05, 0.1) is 6.61 Å². The van der Waals surface area contributed by atoms with Gasteiger partial charge in [0.25, 0.3) is 0 Å². The molecule has 0 aromatic carbocycles. The molecule has 0 bridgehead atoms. The third-order valence-corrected chi connectivity index (χ3v) is 4.92. The number of ether oxygens (including phenoxy) is 1. The van der Waals surface area contributed by atoms with Crippen molar-refractivity contribution >= 4 is 15.4 Å². The second kappa shape index (κ2) is 11.5. The molecule has 1 atom stereocenters. The topological polar surface area (TPSA) is 56.8 Å². The van der Waals surface area contributed by atoms with Crippen molar-refractivity contribution in [2.24, 2.45) is 0 Å². The van der Waals surface area contributed by atoms with Gasteiger partial charge in [-0.2, -0.15) is 0 Å². The lowest BCUT2D eigenvalue weighted by atomic mass is 10.1. The first kappa shape index (κ1) is 17.4. The summed E-state index contributed by atoms with van der Waals surface area (Å²) in [6.07, 6.45) is 3.84. The second-order valence-corrected chi connectivity index (χ2v) is 6.25. The molecule has 1 unspecified atom stereocenters. The minimum absolute atomic E-state index is 0.330. The lowest BCUT2D eigenvalue weighted by Gasteiger charge is -2.19. The summed E-state index contributed by atoms with van der Waals surface area (Å²) in [5, 5.41) is 2.72. The van der Waals surface area contributed by atoms with Crippen molar-refractivity contribution in [3.8, 4) is 0 Å². The van der Waals surface area contributed by atoms with Crippen LogP contribution < -0.4 is 5.32 Å². The number of rotatable bonds is 10. The van der Waals surface area contributed by atoms with E-state index in [1.807, 2.05) is 0 Å². The molecule has 0 saturated heterocycles. The van der Waals surface area contributed by atoms with E-state index in [0.717, 1.165) is 25.7 Å². The van der Waals surface area contributed by atoms with E-state index >= 15 is 0 Å². The molecule has 0 aliphatic heterocycles. The predicted molar refractivity (Wildman–Crippen MR) is 72.7 cm³/mol. The number of hydrogen-bond acceptors (Lipinski definition) is 4. The highest BCUT2D eigenvalue weighted by atomic mass is 28.3. The summed E-state index contributed by atoms with van der Waals surface area (Å²) in [6.45, 7) is 5.03. The van der Waals surface area contributed by atoms with E-state index in [-0.39, 0.29) is 6.09 Å². The van der Waals surface area contributed by atoms with Crippen molar-refractivity contribution < 1.29 is 18.4 Å². The summed E-state index contributed by atoms with van der Waals surface area (Å²) in [7, 11) is 2.29. The zero-order valence-corrected chi connectivity index (χ0v) is 13.0. The van der Waals surface area contributed by atoms with Gasteiger partial charge in [-0.3, -0.25) is 0 Å². The zero-order valence-electron chi connectivity index (χ0n) is 12.0. The fourth-order valence-electron chi connectivity index (χ4n) is 1.79. The Hall–Kier alpha value is -0.593. The molecule has 0 fully saturated rings. The molecule has 1 radical (unpaired) electrons. The molecule has 6 heteroatoms. The molecule has 1 amide bonds. The fourth-order valence-corrected chi connectivity index (χ4v) is 3.40. The Bertz CT molecular complexity index is 212. The number of carbonyl (C=O) groups excluding carboxylic acids is 1. The van der Waals surface area contributed by atoms with Crippen LogP contribution in [0.15, 0.2) is 0 Å². The summed E-state index contributed by atoms with van der Waals surface area (Å²) in [5.41, 5.74) is 0.507. The first-order valence-corrected chi connectivity index (χ1v) is 7.94. The first-order valence-electron chi connectivity index (χ1n) is 6.54. The molecule has 0 aliphatic carbocycles. The van der Waals surface area contributed by atoms with Crippen LogP contribution in [0.4, 0.5) is 4.79 Å². The predicted octanol–water partition coefficient (Wildman–Crippen LogP) is 2.46. The zero-order chi connectivity index (χ0) is 13.8. The van der Waals surface area contributed by atoms with E-state index in [2.05, 4.69) is 12.2 Å². The minimum Gasteiger partial charge on any atom is -0.450 e. The normalized spacial score (nSPS) is 12.5. The maximum Gasteiger partial charge on any atom is 0.407 e. The standard InChI is InChI=1S/C12H26NO4Si/c1-5-11(18(15-3)16-4)9-7-8-10-13-12(14)17-6-2/h11H,5-10H2,1-4H3,(H,13,14). The summed E-state index contributed by atoms with van der Waals surface area (Å²) in [4.78, 5) is 11.0. The fraction of sp³-hybridized carbons (Fsp3) is 0.917. The van der Waals surface area contributed by atoms with Gasteiger partial charge in [0.1, 0.15) is 0 Å². The molecule has 5 nitrogen and oxygen atoms in total. The number of alkyl carbamates (subject to hydrolysis) is 1. The summed E-state index contributed by atoms with van der Waals surface area (Å²) < 4.78 is 15.5. The van der Waals surface area contributed by atoms with E-state index in [4.69, 9.17) is 13.6 Å². The first-order chi connectivity index (χ1) is 8.69. The highest BCUT2D eigenvalue weighted by Crippen LogP contribution is 2.23. The Kier molecular flexibility index (Phi) is 11.1. The Morgan fingerprint density at radius 3 is 2.39 bits per heavy atom. The molecule has 0 heterocycles. The molecule has 0 aliphatic rings. The third kappa shape index (κ3) is 7.68. The summed E-state index contributed by atoms with van der Waals surface area (Å²) in [5.74, 6) is 0. The summed E-state index contributed by atoms with van der Waals surface area (Å²) in [6, 6.07) is 0. The maximum atomic E-state index is 11.0. The van der Waals surface area contributed by atoms with Gasteiger partial charge < -0.3 is 18.9 Å². The minimum atomic E-state index is -1.14. The van der Waals surface area contributed by atoms with E-state index in [9.17, 15) is 4.79 Å². The van der Waals surface area contributed by atoms with Gasteiger partial charge in [-0.1, -0.05) is 19.8 Å². The van der Waals surface area contributed by atoms with Gasteiger partial charge in [0.15, 0.2) is 0 Å². The molecule has 0 rings (SSSR count). The van der Waals surface area contributed by atoms with Gasteiger partial charge in [-0.05, 0) is 19.8 Å². The van der Waals surface area contributed by atoms with Crippen LogP contribution >= 0.6 is 0 Å². The van der Waals surface area contributed by atoms with Gasteiger partial charge in [-0.15, -0.1) is 0 Å². The number of carbonyl (C=O) groups is 1. The highest BCUT2D eigenvalue weighted by molar-refractivity contribution is 6.46. The number of hydrogen-bond donors (Lipinski definition) is 1. The Morgan fingerprint density at radius 2 is 1.89 bits per heavy atom. The van der Waals surface area contributed by atoms with Crippen molar-refractivity contribution in [1.82, 2.24) is 5.32 Å². The average Bonchev–Trinajstić information content (AvgIpc) is 2.37. The molecule has 0 aromatic rings. The van der Waals surface area contributed by atoms with Crippen LogP contribution in [0.25, 0.3) is 0 Å². The molecule has 18 heavy (non-hydrogen) atoms. The van der Waals surface area contributed by atoms with Crippen LogP contribution in [0.2, 0.25) is 5.54 Å². The molecular formula is C12H26NO4Si. The number of unbranched alkanes of at least 4 members (excludes halogenated alkanes) is 1. The Morgan fingerprint density at radius 1 is 1.22 bits per heavy atom. The van der Waals surface area contributed by atoms with Crippen molar-refractivity contribution in [3.05, 3.63) is 0 Å². The maximum absolute atomic E-state index is 11.0. The van der Waals surface area contributed by atoms with Crippen molar-refractivity contribution in [1.29, 1.82) is 0 Å². The van der Waals surface area contributed by atoms with Gasteiger partial charge in [0.2, 0.25) is 0 Å². The van der Waals surface area contributed by atoms with Crippen LogP contribution in [0.5, 0.6) is 0 Å². The lowest BCUT2D eigenvalue weighted by molar-refractivity contribution is 0.152. The molecule has 0 spiro atoms. The largest absolute Gasteiger partial charge is 0.450 e. The van der Waals surface area contributed by atoms with Gasteiger partial charge >= 0.3 is 15.4 Å². The number of nitrogens with one attached hydrogen (secondary N) is 1. The number of amides is 1. The SMILES string of the molecule is CCOC(=O)NCCCCC(CC)[Si](OC)OC. The van der Waals surface area contributed by atoms with Crippen LogP contribution in [-0.4, -0.2) is 42.7 Å². The van der Waals surface area contributed by atoms with E-state index in [1.54, 1.807) is 21.1 Å². The van der Waals surface area contributed by atoms with Crippen molar-refractivity contribution in [2.75, 3.05) is 27.4 Å². The average molecular weight is 276 g/mol. The monoisotopic (exact) mass is 276 g/mol. The van der Waals surface area contributed by atoms with E-state index in [1.165, 1.54) is 0 Å². The van der Waals surface area contributed by atoms with Crippen LogP contribution in [0.1, 0.15) is 39.5 Å². The molecule has 0 saturated carbocycles. The van der Waals surface area contributed by atoms with Crippen LogP contribution in [0.3, 0.4) is 0 Å². The quantitative estimate of drug-likeness (QED) is 0.492. The molecular weight excluding hydrogens is 250 g/mol. The molecule has 0 aromatic heterocycles. The molecule has 107 valence electrons. The Balaban J connectivity index is 3.65. The van der Waals surface area contributed by atoms with Gasteiger partial charge in [-0.25, -0.2) is 4.79 Å². The van der Waals surface area contributed by atoms with Gasteiger partial charge in [0, 0.05) is 26.3 Å². The summed E-state index contributed by atoms with van der Waals surface area (Å²) >= 11 is 0. The van der Waals surface area contributed by atoms with Crippen molar-refractivity contribution in [2.45, 2.75) is 45.1 Å². The van der Waals surface area contributed by atoms with E-state index < -0.39 is 9.28 Å².